The van der Waals surface area contributed by atoms with Gasteiger partial charge < -0.3 is 15.5 Å². The molecule has 0 amide bonds. The van der Waals surface area contributed by atoms with Crippen molar-refractivity contribution in [3.05, 3.63) is 29.0 Å². The average molecular weight is 311 g/mol. The Kier molecular flexibility index (Phi) is 4.74. The van der Waals surface area contributed by atoms with Gasteiger partial charge in [-0.1, -0.05) is 11.6 Å². The third-order valence-electron chi connectivity index (χ3n) is 2.54. The van der Waals surface area contributed by atoms with Gasteiger partial charge in [-0.25, -0.2) is 4.39 Å². The third-order valence-corrected chi connectivity index (χ3v) is 2.85. The predicted molar refractivity (Wildman–Crippen MR) is 83.0 cm³/mol. The fraction of sp³-hybridized carbons (Fsp3) is 0.308. The molecular weight excluding hydrogens is 295 g/mol. The first kappa shape index (κ1) is 15.2. The molecule has 1 heterocycles. The summed E-state index contributed by atoms with van der Waals surface area (Å²) in [5.41, 5.74) is 0.524. The smallest absolute Gasteiger partial charge is 0.233 e. The van der Waals surface area contributed by atoms with Crippen molar-refractivity contribution in [2.24, 2.45) is 0 Å². The quantitative estimate of drug-likeness (QED) is 0.885. The molecule has 0 radical (unpaired) electrons. The zero-order valence-electron chi connectivity index (χ0n) is 12.0. The highest BCUT2D eigenvalue weighted by molar-refractivity contribution is 6.33. The van der Waals surface area contributed by atoms with Gasteiger partial charge >= 0.3 is 0 Å². The minimum Gasteiger partial charge on any atom is -0.354 e. The van der Waals surface area contributed by atoms with E-state index in [4.69, 9.17) is 11.6 Å². The molecule has 2 N–H and O–H groups in total. The number of rotatable bonds is 5. The summed E-state index contributed by atoms with van der Waals surface area (Å²) in [4.78, 5) is 14.5. The first-order valence-corrected chi connectivity index (χ1v) is 6.76. The summed E-state index contributed by atoms with van der Waals surface area (Å²) in [7, 11) is 3.67. The van der Waals surface area contributed by atoms with Crippen LogP contribution in [0.4, 0.5) is 27.9 Å². The van der Waals surface area contributed by atoms with Gasteiger partial charge in [-0.2, -0.15) is 15.0 Å². The van der Waals surface area contributed by atoms with E-state index in [1.807, 2.05) is 21.0 Å². The van der Waals surface area contributed by atoms with Crippen molar-refractivity contribution >= 4 is 35.1 Å². The molecule has 112 valence electrons. The Balaban J connectivity index is 2.33. The lowest BCUT2D eigenvalue weighted by molar-refractivity contribution is 0.628. The lowest BCUT2D eigenvalue weighted by atomic mass is 10.3. The zero-order valence-corrected chi connectivity index (χ0v) is 12.7. The van der Waals surface area contributed by atoms with Crippen molar-refractivity contribution < 1.29 is 4.39 Å². The Labute approximate surface area is 127 Å². The van der Waals surface area contributed by atoms with Gasteiger partial charge in [0.15, 0.2) is 0 Å². The van der Waals surface area contributed by atoms with Crippen LogP contribution in [-0.4, -0.2) is 35.6 Å². The SMILES string of the molecule is CCNc1nc(Nc2ccc(F)cc2Cl)nc(N(C)C)n1. The zero-order chi connectivity index (χ0) is 15.4. The number of aromatic nitrogens is 3. The van der Waals surface area contributed by atoms with E-state index < -0.39 is 5.82 Å². The minimum atomic E-state index is -0.400. The Morgan fingerprint density at radius 3 is 2.52 bits per heavy atom. The van der Waals surface area contributed by atoms with Gasteiger partial charge in [0.1, 0.15) is 5.82 Å². The Bertz CT molecular complexity index is 634. The maximum Gasteiger partial charge on any atom is 0.233 e. The van der Waals surface area contributed by atoms with Crippen LogP contribution in [-0.2, 0) is 0 Å². The molecule has 1 aromatic heterocycles. The van der Waals surface area contributed by atoms with E-state index >= 15 is 0 Å². The van der Waals surface area contributed by atoms with E-state index in [9.17, 15) is 4.39 Å². The van der Waals surface area contributed by atoms with Crippen LogP contribution in [0.2, 0.25) is 5.02 Å². The highest BCUT2D eigenvalue weighted by atomic mass is 35.5. The first-order chi connectivity index (χ1) is 9.99. The molecule has 1 aromatic carbocycles. The van der Waals surface area contributed by atoms with Crippen LogP contribution in [0.25, 0.3) is 0 Å². The number of nitrogens with one attached hydrogen (secondary N) is 2. The maximum absolute atomic E-state index is 13.1. The molecule has 21 heavy (non-hydrogen) atoms. The van der Waals surface area contributed by atoms with Gasteiger partial charge in [-0.05, 0) is 25.1 Å². The van der Waals surface area contributed by atoms with Crippen molar-refractivity contribution in [1.29, 1.82) is 0 Å². The number of halogens is 2. The standard InChI is InChI=1S/C13H16ClFN6/c1-4-16-11-18-12(20-13(19-11)21(2)3)17-10-6-5-8(15)7-9(10)14/h5-7H,4H2,1-3H3,(H2,16,17,18,19,20). The van der Waals surface area contributed by atoms with Crippen LogP contribution in [0.3, 0.4) is 0 Å². The summed E-state index contributed by atoms with van der Waals surface area (Å²) in [5, 5.41) is 6.25. The van der Waals surface area contributed by atoms with Crippen molar-refractivity contribution in [2.75, 3.05) is 36.2 Å². The maximum atomic E-state index is 13.1. The largest absolute Gasteiger partial charge is 0.354 e. The second-order valence-electron chi connectivity index (χ2n) is 4.46. The lowest BCUT2D eigenvalue weighted by Crippen LogP contribution is -2.16. The van der Waals surface area contributed by atoms with Crippen molar-refractivity contribution in [3.63, 3.8) is 0 Å². The fourth-order valence-electron chi connectivity index (χ4n) is 1.57. The minimum absolute atomic E-state index is 0.256. The van der Waals surface area contributed by atoms with Gasteiger partial charge in [-0.3, -0.25) is 0 Å². The molecule has 0 saturated heterocycles. The topological polar surface area (TPSA) is 66.0 Å². The van der Waals surface area contributed by atoms with Gasteiger partial charge in [-0.15, -0.1) is 0 Å². The third kappa shape index (κ3) is 3.91. The molecule has 0 atom stereocenters. The molecule has 0 aliphatic heterocycles. The predicted octanol–water partition coefficient (Wildman–Crippen LogP) is 2.91. The second kappa shape index (κ2) is 6.53. The van der Waals surface area contributed by atoms with E-state index in [2.05, 4.69) is 25.6 Å². The van der Waals surface area contributed by atoms with E-state index in [1.54, 1.807) is 4.90 Å². The Morgan fingerprint density at radius 1 is 1.19 bits per heavy atom. The number of hydrogen-bond donors (Lipinski definition) is 2. The monoisotopic (exact) mass is 310 g/mol. The summed E-state index contributed by atoms with van der Waals surface area (Å²) in [6, 6.07) is 4.07. The summed E-state index contributed by atoms with van der Waals surface area (Å²) in [5.74, 6) is 0.889. The van der Waals surface area contributed by atoms with Gasteiger partial charge in [0.05, 0.1) is 10.7 Å². The number of benzene rings is 1. The van der Waals surface area contributed by atoms with E-state index in [1.165, 1.54) is 18.2 Å². The number of hydrogen-bond acceptors (Lipinski definition) is 6. The highest BCUT2D eigenvalue weighted by Crippen LogP contribution is 2.25. The molecule has 0 spiro atoms. The van der Waals surface area contributed by atoms with Crippen molar-refractivity contribution in [2.45, 2.75) is 6.92 Å². The molecular formula is C13H16ClFN6. The highest BCUT2D eigenvalue weighted by Gasteiger charge is 2.09. The van der Waals surface area contributed by atoms with Crippen LogP contribution in [0.5, 0.6) is 0 Å². The molecule has 2 aromatic rings. The van der Waals surface area contributed by atoms with Crippen molar-refractivity contribution in [3.8, 4) is 0 Å². The first-order valence-electron chi connectivity index (χ1n) is 6.39. The number of anilines is 4. The summed E-state index contributed by atoms with van der Waals surface area (Å²) >= 11 is 5.98. The molecule has 6 nitrogen and oxygen atoms in total. The molecule has 0 saturated carbocycles. The summed E-state index contributed by atoms with van der Waals surface area (Å²) in [6.45, 7) is 2.64. The molecule has 2 rings (SSSR count). The normalized spacial score (nSPS) is 10.3. The molecule has 0 aliphatic carbocycles. The van der Waals surface area contributed by atoms with Crippen LogP contribution >= 0.6 is 11.6 Å². The summed E-state index contributed by atoms with van der Waals surface area (Å²) in [6.07, 6.45) is 0. The molecule has 0 bridgehead atoms. The van der Waals surface area contributed by atoms with Crippen LogP contribution < -0.4 is 15.5 Å². The van der Waals surface area contributed by atoms with E-state index in [0.29, 0.717) is 30.1 Å². The number of nitrogens with zero attached hydrogens (tertiary/aromatic N) is 4. The molecule has 0 unspecified atom stereocenters. The molecule has 8 heteroatoms. The van der Waals surface area contributed by atoms with Crippen LogP contribution in [0.15, 0.2) is 18.2 Å². The molecule has 0 aliphatic rings. The van der Waals surface area contributed by atoms with E-state index in [-0.39, 0.29) is 5.02 Å². The van der Waals surface area contributed by atoms with E-state index in [0.717, 1.165) is 0 Å². The fourth-order valence-corrected chi connectivity index (χ4v) is 1.78. The summed E-state index contributed by atoms with van der Waals surface area (Å²) < 4.78 is 13.1. The van der Waals surface area contributed by atoms with Gasteiger partial charge in [0.2, 0.25) is 17.8 Å². The Hall–Kier alpha value is -2.15. The Morgan fingerprint density at radius 2 is 1.90 bits per heavy atom. The van der Waals surface area contributed by atoms with Gasteiger partial charge in [0, 0.05) is 20.6 Å². The van der Waals surface area contributed by atoms with Crippen LogP contribution in [0.1, 0.15) is 6.92 Å². The molecule has 0 fully saturated rings. The second-order valence-corrected chi connectivity index (χ2v) is 4.86. The van der Waals surface area contributed by atoms with Crippen LogP contribution in [0, 0.1) is 5.82 Å². The van der Waals surface area contributed by atoms with Crippen molar-refractivity contribution in [1.82, 2.24) is 15.0 Å². The average Bonchev–Trinajstić information content (AvgIpc) is 2.42. The van der Waals surface area contributed by atoms with Gasteiger partial charge in [0.25, 0.3) is 0 Å². The lowest BCUT2D eigenvalue weighted by Gasteiger charge is -2.14.